The maximum atomic E-state index is 12.6. The number of nitrogens with zero attached hydrogens (tertiary/aromatic N) is 1. The molecule has 1 N–H and O–H groups in total. The highest BCUT2D eigenvalue weighted by atomic mass is 16.5. The van der Waals surface area contributed by atoms with Gasteiger partial charge < -0.3 is 14.8 Å². The van der Waals surface area contributed by atoms with Gasteiger partial charge >= 0.3 is 0 Å². The van der Waals surface area contributed by atoms with Gasteiger partial charge in [-0.15, -0.1) is 0 Å². The van der Waals surface area contributed by atoms with Crippen LogP contribution in [-0.4, -0.2) is 38.1 Å². The molecule has 5 nitrogen and oxygen atoms in total. The average Bonchev–Trinajstić information content (AvgIpc) is 3.10. The zero-order valence-corrected chi connectivity index (χ0v) is 15.6. The minimum atomic E-state index is -0.0192. The minimum Gasteiger partial charge on any atom is -0.497 e. The van der Waals surface area contributed by atoms with E-state index in [1.54, 1.807) is 14.2 Å². The maximum Gasteiger partial charge on any atom is 0.238 e. The van der Waals surface area contributed by atoms with Crippen molar-refractivity contribution in [2.24, 2.45) is 0 Å². The number of rotatable bonds is 6. The summed E-state index contributed by atoms with van der Waals surface area (Å²) < 4.78 is 10.6. The van der Waals surface area contributed by atoms with E-state index in [0.29, 0.717) is 12.3 Å². The van der Waals surface area contributed by atoms with Gasteiger partial charge in [-0.2, -0.15) is 0 Å². The van der Waals surface area contributed by atoms with Gasteiger partial charge in [0.25, 0.3) is 0 Å². The van der Waals surface area contributed by atoms with Gasteiger partial charge in [0.2, 0.25) is 5.91 Å². The first kappa shape index (κ1) is 18.3. The number of hydrogen-bond donors (Lipinski definition) is 1. The number of carbonyl (C=O) groups excluding carboxylic acids is 1. The zero-order valence-electron chi connectivity index (χ0n) is 15.6. The molecule has 1 atom stereocenters. The van der Waals surface area contributed by atoms with Crippen LogP contribution in [0.15, 0.2) is 42.5 Å². The summed E-state index contributed by atoms with van der Waals surface area (Å²) in [5.74, 6) is 1.51. The first-order valence-corrected chi connectivity index (χ1v) is 8.93. The second-order valence-corrected chi connectivity index (χ2v) is 6.65. The topological polar surface area (TPSA) is 50.8 Å². The van der Waals surface area contributed by atoms with Gasteiger partial charge in [-0.05, 0) is 61.7 Å². The second-order valence-electron chi connectivity index (χ2n) is 6.65. The van der Waals surface area contributed by atoms with Gasteiger partial charge in [0.05, 0.1) is 26.5 Å². The number of amides is 1. The van der Waals surface area contributed by atoms with Crippen LogP contribution >= 0.6 is 0 Å². The first-order valence-electron chi connectivity index (χ1n) is 8.93. The van der Waals surface area contributed by atoms with Crippen LogP contribution in [0.5, 0.6) is 11.5 Å². The Labute approximate surface area is 154 Å². The maximum absolute atomic E-state index is 12.6. The Hall–Kier alpha value is -2.53. The lowest BCUT2D eigenvalue weighted by atomic mass is 10.0. The Morgan fingerprint density at radius 3 is 2.62 bits per heavy atom. The molecule has 138 valence electrons. The molecule has 0 bridgehead atoms. The van der Waals surface area contributed by atoms with Gasteiger partial charge in [-0.25, -0.2) is 0 Å². The number of aryl methyl sites for hydroxylation is 1. The predicted molar refractivity (Wildman–Crippen MR) is 103 cm³/mol. The summed E-state index contributed by atoms with van der Waals surface area (Å²) in [6.07, 6.45) is 2.16. The molecule has 0 aromatic heterocycles. The van der Waals surface area contributed by atoms with Crippen LogP contribution < -0.4 is 14.8 Å². The summed E-state index contributed by atoms with van der Waals surface area (Å²) >= 11 is 0. The van der Waals surface area contributed by atoms with Gasteiger partial charge in [0.1, 0.15) is 11.5 Å². The van der Waals surface area contributed by atoms with E-state index < -0.39 is 0 Å². The van der Waals surface area contributed by atoms with E-state index in [-0.39, 0.29) is 11.9 Å². The van der Waals surface area contributed by atoms with Gasteiger partial charge in [-0.1, -0.05) is 18.2 Å². The van der Waals surface area contributed by atoms with Crippen LogP contribution in [0.2, 0.25) is 0 Å². The lowest BCUT2D eigenvalue weighted by molar-refractivity contribution is -0.117. The molecule has 0 radical (unpaired) electrons. The number of carbonyl (C=O) groups is 1. The predicted octanol–water partition coefficient (Wildman–Crippen LogP) is 3.79. The second kappa shape index (κ2) is 8.23. The Morgan fingerprint density at radius 2 is 1.92 bits per heavy atom. The molecule has 26 heavy (non-hydrogen) atoms. The van der Waals surface area contributed by atoms with Crippen LogP contribution in [0.4, 0.5) is 5.69 Å². The fourth-order valence-corrected chi connectivity index (χ4v) is 3.51. The van der Waals surface area contributed by atoms with Gasteiger partial charge in [-0.3, -0.25) is 9.69 Å². The van der Waals surface area contributed by atoms with Crippen LogP contribution in [0.3, 0.4) is 0 Å². The molecule has 0 saturated carbocycles. The zero-order chi connectivity index (χ0) is 18.5. The Kier molecular flexibility index (Phi) is 5.78. The highest BCUT2D eigenvalue weighted by Gasteiger charge is 2.27. The third kappa shape index (κ3) is 4.17. The van der Waals surface area contributed by atoms with Crippen molar-refractivity contribution in [3.05, 3.63) is 53.6 Å². The number of nitrogens with one attached hydrogen (secondary N) is 1. The molecule has 1 unspecified atom stereocenters. The van der Waals surface area contributed by atoms with Crippen LogP contribution in [-0.2, 0) is 4.79 Å². The van der Waals surface area contributed by atoms with E-state index in [0.717, 1.165) is 36.4 Å². The molecular formula is C21H26N2O3. The highest BCUT2D eigenvalue weighted by molar-refractivity contribution is 5.93. The Morgan fingerprint density at radius 1 is 1.15 bits per heavy atom. The van der Waals surface area contributed by atoms with Crippen molar-refractivity contribution in [2.45, 2.75) is 25.8 Å². The molecule has 1 saturated heterocycles. The van der Waals surface area contributed by atoms with Gasteiger partial charge in [0.15, 0.2) is 0 Å². The number of methoxy groups -OCH3 is 2. The van der Waals surface area contributed by atoms with Crippen molar-refractivity contribution in [2.75, 3.05) is 32.6 Å². The molecule has 0 spiro atoms. The average molecular weight is 354 g/mol. The van der Waals surface area contributed by atoms with E-state index in [9.17, 15) is 4.79 Å². The molecule has 1 fully saturated rings. The molecular weight excluding hydrogens is 328 g/mol. The van der Waals surface area contributed by atoms with Crippen molar-refractivity contribution < 1.29 is 14.3 Å². The molecule has 1 aliphatic rings. The monoisotopic (exact) mass is 354 g/mol. The van der Waals surface area contributed by atoms with Crippen molar-refractivity contribution in [1.29, 1.82) is 0 Å². The third-order valence-corrected chi connectivity index (χ3v) is 4.84. The van der Waals surface area contributed by atoms with Crippen LogP contribution in [0.1, 0.15) is 30.0 Å². The molecule has 1 heterocycles. The third-order valence-electron chi connectivity index (χ3n) is 4.84. The lowest BCUT2D eigenvalue weighted by Crippen LogP contribution is -2.33. The minimum absolute atomic E-state index is 0.0192. The normalized spacial score (nSPS) is 17.1. The first-order chi connectivity index (χ1) is 12.6. The van der Waals surface area contributed by atoms with E-state index >= 15 is 0 Å². The SMILES string of the molecule is COc1ccc(C2CCCN2CC(=O)Nc2cc(C)ccc2OC)cc1. The van der Waals surface area contributed by atoms with Gasteiger partial charge in [0, 0.05) is 6.04 Å². The smallest absolute Gasteiger partial charge is 0.238 e. The van der Waals surface area contributed by atoms with Crippen molar-refractivity contribution in [3.8, 4) is 11.5 Å². The number of likely N-dealkylation sites (tertiary alicyclic amines) is 1. The lowest BCUT2D eigenvalue weighted by Gasteiger charge is -2.24. The quantitative estimate of drug-likeness (QED) is 0.857. The number of anilines is 1. The number of ether oxygens (including phenoxy) is 2. The van der Waals surface area contributed by atoms with Crippen LogP contribution in [0.25, 0.3) is 0 Å². The molecule has 2 aromatic carbocycles. The van der Waals surface area contributed by atoms with Crippen molar-refractivity contribution >= 4 is 11.6 Å². The standard InChI is InChI=1S/C21H26N2O3/c1-15-6-11-20(26-3)18(13-15)22-21(24)14-23-12-4-5-19(23)16-7-9-17(25-2)10-8-16/h6-11,13,19H,4-5,12,14H2,1-3H3,(H,22,24). The highest BCUT2D eigenvalue weighted by Crippen LogP contribution is 2.32. The molecule has 1 amide bonds. The summed E-state index contributed by atoms with van der Waals surface area (Å²) in [6.45, 7) is 3.29. The fraction of sp³-hybridized carbons (Fsp3) is 0.381. The Bertz CT molecular complexity index is 758. The van der Waals surface area contributed by atoms with E-state index in [1.807, 2.05) is 37.3 Å². The molecule has 1 aliphatic heterocycles. The molecule has 3 rings (SSSR count). The molecule has 2 aromatic rings. The fourth-order valence-electron chi connectivity index (χ4n) is 3.51. The molecule has 5 heteroatoms. The summed E-state index contributed by atoms with van der Waals surface area (Å²) in [5, 5.41) is 2.99. The summed E-state index contributed by atoms with van der Waals surface area (Å²) in [5.41, 5.74) is 3.03. The largest absolute Gasteiger partial charge is 0.497 e. The Balaban J connectivity index is 1.67. The van der Waals surface area contributed by atoms with Crippen molar-refractivity contribution in [3.63, 3.8) is 0 Å². The summed E-state index contributed by atoms with van der Waals surface area (Å²) in [4.78, 5) is 14.8. The molecule has 0 aliphatic carbocycles. The van der Waals surface area contributed by atoms with Crippen molar-refractivity contribution in [1.82, 2.24) is 4.90 Å². The number of hydrogen-bond acceptors (Lipinski definition) is 4. The summed E-state index contributed by atoms with van der Waals surface area (Å²) in [7, 11) is 3.28. The summed E-state index contributed by atoms with van der Waals surface area (Å²) in [6, 6.07) is 14.2. The van der Waals surface area contributed by atoms with E-state index in [1.165, 1.54) is 5.56 Å². The van der Waals surface area contributed by atoms with E-state index in [2.05, 4.69) is 22.3 Å². The van der Waals surface area contributed by atoms with E-state index in [4.69, 9.17) is 9.47 Å². The van der Waals surface area contributed by atoms with Crippen LogP contribution in [0, 0.1) is 6.92 Å². The number of benzene rings is 2.